The second kappa shape index (κ2) is 10.9. The molecule has 2 heterocycles. The molecule has 0 bridgehead atoms. The minimum Gasteiger partial charge on any atom is -0.349 e. The number of hydrogen-bond donors (Lipinski definition) is 3. The molecule has 40 heavy (non-hydrogen) atoms. The Hall–Kier alpha value is -3.94. The Morgan fingerprint density at radius 2 is 1.75 bits per heavy atom. The van der Waals surface area contributed by atoms with E-state index < -0.39 is 23.7 Å². The molecule has 0 saturated carbocycles. The maximum atomic E-state index is 14.5. The number of hydrogen-bond acceptors (Lipinski definition) is 4. The van der Waals surface area contributed by atoms with Gasteiger partial charge in [-0.3, -0.25) is 19.5 Å². The quantitative estimate of drug-likeness (QED) is 0.417. The summed E-state index contributed by atoms with van der Waals surface area (Å²) in [5, 5.41) is 13.2. The number of aromatic amines is 1. The molecule has 1 aliphatic heterocycles. The Bertz CT molecular complexity index is 1370. The Balaban J connectivity index is 1.58. The van der Waals surface area contributed by atoms with Gasteiger partial charge in [0.2, 0.25) is 17.7 Å². The van der Waals surface area contributed by atoms with E-state index in [0.717, 1.165) is 11.3 Å². The van der Waals surface area contributed by atoms with Gasteiger partial charge in [0.15, 0.2) is 0 Å². The van der Waals surface area contributed by atoms with Gasteiger partial charge in [0.1, 0.15) is 18.1 Å². The number of nitrogens with zero attached hydrogens (tertiary/aromatic N) is 2. The highest BCUT2D eigenvalue weighted by atomic mass is 16.2. The van der Waals surface area contributed by atoms with Crippen LogP contribution in [0.1, 0.15) is 63.8 Å². The SMILES string of the molecule is CC(C)CC1C(=O)N[C@H](C2Cc3ccccc3C2)C(=O)N1C(C(=O)NC(C)(C)C)c1cccc(-c2ccn[nH]2)c1. The fourth-order valence-corrected chi connectivity index (χ4v) is 6.04. The summed E-state index contributed by atoms with van der Waals surface area (Å²) in [5.41, 5.74) is 4.19. The van der Waals surface area contributed by atoms with Crippen molar-refractivity contribution >= 4 is 17.7 Å². The fourth-order valence-electron chi connectivity index (χ4n) is 6.04. The van der Waals surface area contributed by atoms with Crippen LogP contribution in [0.4, 0.5) is 0 Å². The third-order valence-electron chi connectivity index (χ3n) is 7.74. The molecule has 8 nitrogen and oxygen atoms in total. The van der Waals surface area contributed by atoms with Crippen LogP contribution < -0.4 is 10.6 Å². The Morgan fingerprint density at radius 1 is 1.05 bits per heavy atom. The second-order valence-electron chi connectivity index (χ2n) is 12.6. The van der Waals surface area contributed by atoms with E-state index in [1.807, 2.05) is 77.1 Å². The van der Waals surface area contributed by atoms with Gasteiger partial charge in [-0.2, -0.15) is 5.10 Å². The highest BCUT2D eigenvalue weighted by Gasteiger charge is 2.49. The van der Waals surface area contributed by atoms with Crippen LogP contribution >= 0.6 is 0 Å². The summed E-state index contributed by atoms with van der Waals surface area (Å²) < 4.78 is 0. The number of nitrogens with one attached hydrogen (secondary N) is 3. The summed E-state index contributed by atoms with van der Waals surface area (Å²) in [6.07, 6.45) is 3.55. The summed E-state index contributed by atoms with van der Waals surface area (Å²) >= 11 is 0. The van der Waals surface area contributed by atoms with E-state index in [1.165, 1.54) is 11.1 Å². The predicted molar refractivity (Wildman–Crippen MR) is 154 cm³/mol. The molecule has 1 saturated heterocycles. The molecule has 1 aliphatic carbocycles. The number of aromatic nitrogens is 2. The van der Waals surface area contributed by atoms with Gasteiger partial charge in [0.25, 0.3) is 0 Å². The van der Waals surface area contributed by atoms with E-state index in [0.29, 0.717) is 24.8 Å². The zero-order valence-electron chi connectivity index (χ0n) is 23.9. The van der Waals surface area contributed by atoms with Crippen molar-refractivity contribution in [2.75, 3.05) is 0 Å². The Kier molecular flexibility index (Phi) is 7.53. The predicted octanol–water partition coefficient (Wildman–Crippen LogP) is 4.19. The van der Waals surface area contributed by atoms with Crippen molar-refractivity contribution in [1.82, 2.24) is 25.7 Å². The molecule has 210 valence electrons. The van der Waals surface area contributed by atoms with Crippen molar-refractivity contribution in [1.29, 1.82) is 0 Å². The number of H-pyrrole nitrogens is 1. The van der Waals surface area contributed by atoms with Crippen LogP contribution in [-0.4, -0.2) is 50.4 Å². The maximum Gasteiger partial charge on any atom is 0.247 e. The van der Waals surface area contributed by atoms with Gasteiger partial charge >= 0.3 is 0 Å². The van der Waals surface area contributed by atoms with Crippen LogP contribution in [-0.2, 0) is 27.2 Å². The second-order valence-corrected chi connectivity index (χ2v) is 12.6. The lowest BCUT2D eigenvalue weighted by Gasteiger charge is -2.45. The number of piperazine rings is 1. The highest BCUT2D eigenvalue weighted by molar-refractivity contribution is 6.00. The van der Waals surface area contributed by atoms with E-state index in [1.54, 1.807) is 11.1 Å². The molecule has 2 unspecified atom stereocenters. The zero-order valence-corrected chi connectivity index (χ0v) is 23.9. The van der Waals surface area contributed by atoms with Crippen LogP contribution in [0, 0.1) is 11.8 Å². The molecule has 8 heteroatoms. The van der Waals surface area contributed by atoms with Crippen molar-refractivity contribution < 1.29 is 14.4 Å². The number of benzene rings is 2. The topological polar surface area (TPSA) is 107 Å². The average molecular weight is 542 g/mol. The number of carbonyl (C=O) groups excluding carboxylic acids is 3. The van der Waals surface area contributed by atoms with E-state index in [9.17, 15) is 14.4 Å². The molecule has 3 atom stereocenters. The lowest BCUT2D eigenvalue weighted by atomic mass is 9.87. The molecule has 3 N–H and O–H groups in total. The maximum absolute atomic E-state index is 14.5. The van der Waals surface area contributed by atoms with Crippen molar-refractivity contribution in [2.24, 2.45) is 11.8 Å². The Labute approximate surface area is 235 Å². The van der Waals surface area contributed by atoms with Crippen LogP contribution in [0.5, 0.6) is 0 Å². The smallest absolute Gasteiger partial charge is 0.247 e. The summed E-state index contributed by atoms with van der Waals surface area (Å²) in [6.45, 7) is 9.80. The van der Waals surface area contributed by atoms with Crippen LogP contribution in [0.3, 0.4) is 0 Å². The number of rotatable bonds is 7. The first-order chi connectivity index (χ1) is 19.0. The molecule has 1 fully saturated rings. The van der Waals surface area contributed by atoms with E-state index in [-0.39, 0.29) is 29.6 Å². The normalized spacial score (nSPS) is 20.4. The zero-order chi connectivity index (χ0) is 28.6. The molecule has 0 radical (unpaired) electrons. The minimum absolute atomic E-state index is 0.0704. The van der Waals surface area contributed by atoms with E-state index in [4.69, 9.17) is 0 Å². The Morgan fingerprint density at radius 3 is 2.35 bits per heavy atom. The standard InChI is InChI=1S/C32H39N5O3/c1-19(2)15-26-29(38)34-27(24-16-20-9-6-7-10-21(20)17-24)31(40)37(26)28(30(39)35-32(3,4)5)23-12-8-11-22(18-23)25-13-14-33-36-25/h6-14,18-19,24,26-28H,15-17H2,1-5H3,(H,33,36)(H,34,38)(H,35,39)/t26?,27-,28?/m1/s1. The minimum atomic E-state index is -0.976. The molecule has 1 aromatic heterocycles. The van der Waals surface area contributed by atoms with Gasteiger partial charge in [-0.05, 0) is 86.3 Å². The average Bonchev–Trinajstić information content (AvgIpc) is 3.57. The van der Waals surface area contributed by atoms with Crippen LogP contribution in [0.2, 0.25) is 0 Å². The van der Waals surface area contributed by atoms with Crippen molar-refractivity contribution in [3.05, 3.63) is 77.5 Å². The lowest BCUT2D eigenvalue weighted by Crippen LogP contribution is -2.67. The summed E-state index contributed by atoms with van der Waals surface area (Å²) in [7, 11) is 0. The molecular weight excluding hydrogens is 502 g/mol. The van der Waals surface area contributed by atoms with Crippen molar-refractivity contribution in [3.63, 3.8) is 0 Å². The highest BCUT2D eigenvalue weighted by Crippen LogP contribution is 2.36. The lowest BCUT2D eigenvalue weighted by molar-refractivity contribution is -0.158. The third kappa shape index (κ3) is 5.67. The van der Waals surface area contributed by atoms with Crippen LogP contribution in [0.15, 0.2) is 60.8 Å². The van der Waals surface area contributed by atoms with Gasteiger partial charge in [0, 0.05) is 11.7 Å². The van der Waals surface area contributed by atoms with Crippen molar-refractivity contribution in [3.8, 4) is 11.3 Å². The van der Waals surface area contributed by atoms with Gasteiger partial charge in [-0.1, -0.05) is 56.3 Å². The monoisotopic (exact) mass is 541 g/mol. The summed E-state index contributed by atoms with van der Waals surface area (Å²) in [6, 6.07) is 15.2. The molecule has 3 aromatic rings. The van der Waals surface area contributed by atoms with E-state index >= 15 is 0 Å². The number of fused-ring (bicyclic) bond motifs is 1. The molecule has 2 aromatic carbocycles. The van der Waals surface area contributed by atoms with Gasteiger partial charge in [-0.25, -0.2) is 0 Å². The van der Waals surface area contributed by atoms with Gasteiger partial charge in [-0.15, -0.1) is 0 Å². The molecule has 5 rings (SSSR count). The van der Waals surface area contributed by atoms with Gasteiger partial charge in [0.05, 0.1) is 5.69 Å². The number of amides is 3. The molecule has 3 amide bonds. The van der Waals surface area contributed by atoms with Crippen LogP contribution in [0.25, 0.3) is 11.3 Å². The first-order valence-corrected chi connectivity index (χ1v) is 14.1. The summed E-state index contributed by atoms with van der Waals surface area (Å²) in [5.74, 6) is -0.642. The molecular formula is C32H39N5O3. The van der Waals surface area contributed by atoms with Crippen molar-refractivity contribution in [2.45, 2.75) is 77.5 Å². The first-order valence-electron chi connectivity index (χ1n) is 14.1. The van der Waals surface area contributed by atoms with E-state index in [2.05, 4.69) is 33.0 Å². The fraction of sp³-hybridized carbons (Fsp3) is 0.438. The first kappa shape index (κ1) is 27.6. The summed E-state index contributed by atoms with van der Waals surface area (Å²) in [4.78, 5) is 44.0. The number of carbonyl (C=O) groups is 3. The largest absolute Gasteiger partial charge is 0.349 e. The third-order valence-corrected chi connectivity index (χ3v) is 7.74. The van der Waals surface area contributed by atoms with Gasteiger partial charge < -0.3 is 15.5 Å². The molecule has 0 spiro atoms. The molecule has 2 aliphatic rings.